The second-order valence-corrected chi connectivity index (χ2v) is 9.39. The molecule has 1 N–H and O–H groups in total. The summed E-state index contributed by atoms with van der Waals surface area (Å²) >= 11 is 5.98. The Morgan fingerprint density at radius 3 is 2.50 bits per heavy atom. The lowest BCUT2D eigenvalue weighted by Gasteiger charge is -2.38. The van der Waals surface area contributed by atoms with Gasteiger partial charge in [0.2, 0.25) is 0 Å². The maximum atomic E-state index is 13.0. The Labute approximate surface area is 194 Å². The van der Waals surface area contributed by atoms with Gasteiger partial charge in [0, 0.05) is 18.1 Å². The van der Waals surface area contributed by atoms with Crippen LogP contribution in [0.2, 0.25) is 5.02 Å². The highest BCUT2D eigenvalue weighted by Crippen LogP contribution is 2.31. The number of carbonyl (C=O) groups excluding carboxylic acids is 2. The largest absolute Gasteiger partial charge is 0.468 e. The molecule has 2 aromatic rings. The molecule has 1 aliphatic rings. The maximum Gasteiger partial charge on any atom is 0.410 e. The van der Waals surface area contributed by atoms with Crippen LogP contribution < -0.4 is 5.32 Å². The molecular formula is C25H31ClN2O4. The van der Waals surface area contributed by atoms with Gasteiger partial charge in [0.15, 0.2) is 0 Å². The number of carbonyl (C=O) groups is 2. The van der Waals surface area contributed by atoms with Gasteiger partial charge in [-0.2, -0.15) is 0 Å². The average Bonchev–Trinajstić information content (AvgIpc) is 2.75. The number of nitrogens with zero attached hydrogens (tertiary/aromatic N) is 1. The van der Waals surface area contributed by atoms with Gasteiger partial charge in [-0.3, -0.25) is 9.69 Å². The zero-order valence-corrected chi connectivity index (χ0v) is 19.8. The van der Waals surface area contributed by atoms with Crippen molar-refractivity contribution in [3.63, 3.8) is 0 Å². The van der Waals surface area contributed by atoms with Gasteiger partial charge in [0.1, 0.15) is 11.6 Å². The summed E-state index contributed by atoms with van der Waals surface area (Å²) in [4.78, 5) is 27.2. The Hall–Kier alpha value is -2.57. The number of hydrogen-bond acceptors (Lipinski definition) is 5. The van der Waals surface area contributed by atoms with Crippen molar-refractivity contribution in [2.75, 3.05) is 20.2 Å². The van der Waals surface area contributed by atoms with Crippen molar-refractivity contribution in [3.05, 3.63) is 70.2 Å². The second-order valence-electron chi connectivity index (χ2n) is 8.95. The molecule has 0 fully saturated rings. The van der Waals surface area contributed by atoms with Crippen LogP contribution in [0.5, 0.6) is 0 Å². The highest BCUT2D eigenvalue weighted by molar-refractivity contribution is 6.30. The second kappa shape index (κ2) is 10.4. The maximum absolute atomic E-state index is 13.0. The molecule has 1 amide bonds. The van der Waals surface area contributed by atoms with Gasteiger partial charge in [-0.25, -0.2) is 4.79 Å². The van der Waals surface area contributed by atoms with Crippen molar-refractivity contribution in [1.82, 2.24) is 10.2 Å². The number of ether oxygens (including phenoxy) is 2. The van der Waals surface area contributed by atoms with Crippen LogP contribution >= 0.6 is 11.6 Å². The highest BCUT2D eigenvalue weighted by atomic mass is 35.5. The number of benzene rings is 2. The predicted octanol–water partition coefficient (Wildman–Crippen LogP) is 4.55. The molecule has 6 nitrogen and oxygen atoms in total. The van der Waals surface area contributed by atoms with E-state index in [1.165, 1.54) is 12.7 Å². The molecule has 2 atom stereocenters. The quantitative estimate of drug-likeness (QED) is 0.643. The van der Waals surface area contributed by atoms with E-state index in [-0.39, 0.29) is 18.1 Å². The Morgan fingerprint density at radius 1 is 1.16 bits per heavy atom. The predicted molar refractivity (Wildman–Crippen MR) is 125 cm³/mol. The molecule has 32 heavy (non-hydrogen) atoms. The summed E-state index contributed by atoms with van der Waals surface area (Å²) in [6.07, 6.45) is 0.855. The molecule has 2 aromatic carbocycles. The number of nitrogens with one attached hydrogen (secondary N) is 1. The van der Waals surface area contributed by atoms with Crippen LogP contribution in [0.3, 0.4) is 0 Å². The van der Waals surface area contributed by atoms with Crippen molar-refractivity contribution in [2.45, 2.75) is 51.3 Å². The van der Waals surface area contributed by atoms with Crippen molar-refractivity contribution in [1.29, 1.82) is 0 Å². The summed E-state index contributed by atoms with van der Waals surface area (Å²) in [6, 6.07) is 14.7. The van der Waals surface area contributed by atoms with Crippen molar-refractivity contribution in [2.24, 2.45) is 0 Å². The summed E-state index contributed by atoms with van der Waals surface area (Å²) in [5.41, 5.74) is 2.64. The number of amides is 1. The molecule has 1 aliphatic heterocycles. The Morgan fingerprint density at radius 2 is 1.84 bits per heavy atom. The van der Waals surface area contributed by atoms with Crippen molar-refractivity contribution >= 4 is 23.7 Å². The first-order valence-corrected chi connectivity index (χ1v) is 11.2. The summed E-state index contributed by atoms with van der Waals surface area (Å²) in [5.74, 6) is -0.354. The average molecular weight is 459 g/mol. The molecule has 0 aromatic heterocycles. The first kappa shape index (κ1) is 24.1. The molecule has 2 unspecified atom stereocenters. The number of halogens is 1. The fourth-order valence-corrected chi connectivity index (χ4v) is 4.03. The SMILES string of the molecule is COC(=O)C(Cc1ccc(Cl)cc1)NCC1c2ccccc2CCN1C(=O)OC(C)(C)C. The molecule has 0 saturated heterocycles. The van der Waals surface area contributed by atoms with Crippen LogP contribution in [0.4, 0.5) is 4.79 Å². The van der Waals surface area contributed by atoms with E-state index >= 15 is 0 Å². The Kier molecular flexibility index (Phi) is 7.80. The fourth-order valence-electron chi connectivity index (χ4n) is 3.90. The first-order valence-electron chi connectivity index (χ1n) is 10.8. The van der Waals surface area contributed by atoms with Gasteiger partial charge in [0.05, 0.1) is 13.2 Å². The number of rotatable bonds is 6. The lowest BCUT2D eigenvalue weighted by molar-refractivity contribution is -0.143. The normalized spacial score (nSPS) is 16.8. The number of hydrogen-bond donors (Lipinski definition) is 1. The highest BCUT2D eigenvalue weighted by Gasteiger charge is 2.34. The van der Waals surface area contributed by atoms with E-state index in [0.29, 0.717) is 24.5 Å². The van der Waals surface area contributed by atoms with E-state index < -0.39 is 11.6 Å². The fraction of sp³-hybridized carbons (Fsp3) is 0.440. The summed E-state index contributed by atoms with van der Waals surface area (Å²) < 4.78 is 10.7. The van der Waals surface area contributed by atoms with Crippen LogP contribution in [-0.4, -0.2) is 48.8 Å². The van der Waals surface area contributed by atoms with Crippen LogP contribution in [0.25, 0.3) is 0 Å². The number of esters is 1. The molecule has 0 radical (unpaired) electrons. The topological polar surface area (TPSA) is 67.9 Å². The molecule has 7 heteroatoms. The van der Waals surface area contributed by atoms with E-state index in [1.807, 2.05) is 51.1 Å². The third kappa shape index (κ3) is 6.24. The number of fused-ring (bicyclic) bond motifs is 1. The van der Waals surface area contributed by atoms with Gasteiger partial charge in [-0.05, 0) is 62.4 Å². The van der Waals surface area contributed by atoms with Gasteiger partial charge in [-0.15, -0.1) is 0 Å². The van der Waals surface area contributed by atoms with Gasteiger partial charge in [-0.1, -0.05) is 48.0 Å². The minimum Gasteiger partial charge on any atom is -0.468 e. The Balaban J connectivity index is 1.81. The molecule has 3 rings (SSSR count). The first-order chi connectivity index (χ1) is 15.2. The van der Waals surface area contributed by atoms with Crippen molar-refractivity contribution < 1.29 is 19.1 Å². The zero-order valence-electron chi connectivity index (χ0n) is 19.1. The standard InChI is InChI=1S/C25H31ClN2O4/c1-25(2,3)32-24(30)28-14-13-18-7-5-6-8-20(18)22(28)16-27-21(23(29)31-4)15-17-9-11-19(26)12-10-17/h5-12,21-22,27H,13-16H2,1-4H3. The van der Waals surface area contributed by atoms with Crippen molar-refractivity contribution in [3.8, 4) is 0 Å². The summed E-state index contributed by atoms with van der Waals surface area (Å²) in [7, 11) is 1.38. The van der Waals surface area contributed by atoms with Gasteiger partial charge in [0.25, 0.3) is 0 Å². The third-order valence-corrected chi connectivity index (χ3v) is 5.69. The third-order valence-electron chi connectivity index (χ3n) is 5.44. The minimum absolute atomic E-state index is 0.257. The monoisotopic (exact) mass is 458 g/mol. The zero-order chi connectivity index (χ0) is 23.3. The molecule has 0 bridgehead atoms. The number of methoxy groups -OCH3 is 1. The Bertz CT molecular complexity index is 940. The molecule has 1 heterocycles. The van der Waals surface area contributed by atoms with E-state index in [0.717, 1.165) is 17.5 Å². The van der Waals surface area contributed by atoms with E-state index in [2.05, 4.69) is 11.4 Å². The van der Waals surface area contributed by atoms with Gasteiger partial charge >= 0.3 is 12.1 Å². The molecule has 0 aliphatic carbocycles. The van der Waals surface area contributed by atoms with E-state index in [1.54, 1.807) is 17.0 Å². The lowest BCUT2D eigenvalue weighted by Crippen LogP contribution is -2.49. The van der Waals surface area contributed by atoms with E-state index in [4.69, 9.17) is 21.1 Å². The summed E-state index contributed by atoms with van der Waals surface area (Å²) in [5, 5.41) is 3.98. The lowest BCUT2D eigenvalue weighted by atomic mass is 9.92. The van der Waals surface area contributed by atoms with Crippen LogP contribution in [0, 0.1) is 0 Å². The van der Waals surface area contributed by atoms with Crippen LogP contribution in [0.1, 0.15) is 43.5 Å². The molecule has 172 valence electrons. The van der Waals surface area contributed by atoms with Gasteiger partial charge < -0.3 is 14.8 Å². The smallest absolute Gasteiger partial charge is 0.410 e. The van der Waals surface area contributed by atoms with Crippen LogP contribution in [0.15, 0.2) is 48.5 Å². The molecular weight excluding hydrogens is 428 g/mol. The molecule has 0 saturated carbocycles. The van der Waals surface area contributed by atoms with E-state index in [9.17, 15) is 9.59 Å². The molecule has 0 spiro atoms. The summed E-state index contributed by atoms with van der Waals surface area (Å²) in [6.45, 7) is 6.52. The van der Waals surface area contributed by atoms with Crippen LogP contribution in [-0.2, 0) is 27.1 Å². The minimum atomic E-state index is -0.588.